The Kier molecular flexibility index (Phi) is 6.61. The molecule has 0 spiro atoms. The van der Waals surface area contributed by atoms with Crippen LogP contribution in [0.15, 0.2) is 35.2 Å². The highest BCUT2D eigenvalue weighted by Crippen LogP contribution is 2.22. The second kappa shape index (κ2) is 8.69. The molecular formula is C15H16BrClN4O2. The van der Waals surface area contributed by atoms with Crippen LogP contribution in [0.1, 0.15) is 16.8 Å². The Morgan fingerprint density at radius 3 is 2.96 bits per heavy atom. The Labute approximate surface area is 147 Å². The first kappa shape index (κ1) is 17.5. The van der Waals surface area contributed by atoms with Crippen molar-refractivity contribution in [3.8, 4) is 5.75 Å². The van der Waals surface area contributed by atoms with E-state index in [0.717, 1.165) is 10.9 Å². The van der Waals surface area contributed by atoms with Gasteiger partial charge in [0.25, 0.3) is 5.91 Å². The van der Waals surface area contributed by atoms with Gasteiger partial charge in [-0.2, -0.15) is 0 Å². The fraction of sp³-hybridized carbons (Fsp3) is 0.267. The van der Waals surface area contributed by atoms with Crippen molar-refractivity contribution in [1.29, 1.82) is 0 Å². The number of ether oxygens (including phenoxy) is 1. The first-order chi connectivity index (χ1) is 11.1. The van der Waals surface area contributed by atoms with Crippen LogP contribution in [0.4, 0.5) is 5.82 Å². The fourth-order valence-corrected chi connectivity index (χ4v) is 2.44. The zero-order valence-electron chi connectivity index (χ0n) is 12.5. The summed E-state index contributed by atoms with van der Waals surface area (Å²) in [5.41, 5.74) is 0.538. The van der Waals surface area contributed by atoms with Crippen molar-refractivity contribution < 1.29 is 9.53 Å². The fourth-order valence-electron chi connectivity index (χ4n) is 1.84. The molecule has 0 aliphatic rings. The molecule has 0 saturated carbocycles. The molecule has 1 heterocycles. The third-order valence-electron chi connectivity index (χ3n) is 3.02. The number of hydrogen-bond acceptors (Lipinski definition) is 5. The van der Waals surface area contributed by atoms with Crippen molar-refractivity contribution in [2.24, 2.45) is 0 Å². The molecule has 23 heavy (non-hydrogen) atoms. The Hall–Kier alpha value is -1.86. The lowest BCUT2D eigenvalue weighted by molar-refractivity contribution is 0.0952. The van der Waals surface area contributed by atoms with Crippen LogP contribution in [0.2, 0.25) is 5.02 Å². The number of anilines is 1. The van der Waals surface area contributed by atoms with E-state index in [0.29, 0.717) is 35.2 Å². The predicted molar refractivity (Wildman–Crippen MR) is 93.2 cm³/mol. The third-order valence-corrected chi connectivity index (χ3v) is 3.99. The van der Waals surface area contributed by atoms with Gasteiger partial charge in [-0.25, -0.2) is 9.97 Å². The van der Waals surface area contributed by atoms with Crippen molar-refractivity contribution in [1.82, 2.24) is 15.3 Å². The van der Waals surface area contributed by atoms with E-state index < -0.39 is 0 Å². The van der Waals surface area contributed by atoms with Gasteiger partial charge in [-0.3, -0.25) is 4.79 Å². The van der Waals surface area contributed by atoms with Crippen LogP contribution >= 0.6 is 27.5 Å². The maximum Gasteiger partial charge on any atom is 0.252 e. The predicted octanol–water partition coefficient (Wildman–Crippen LogP) is 3.13. The van der Waals surface area contributed by atoms with Crippen molar-refractivity contribution in [2.75, 3.05) is 25.5 Å². The van der Waals surface area contributed by atoms with Crippen molar-refractivity contribution in [3.05, 3.63) is 45.8 Å². The number of benzene rings is 1. The van der Waals surface area contributed by atoms with E-state index in [1.807, 2.05) is 0 Å². The molecular weight excluding hydrogens is 384 g/mol. The van der Waals surface area contributed by atoms with Gasteiger partial charge >= 0.3 is 0 Å². The zero-order chi connectivity index (χ0) is 16.7. The van der Waals surface area contributed by atoms with Crippen LogP contribution in [0.25, 0.3) is 0 Å². The maximum absolute atomic E-state index is 12.2. The zero-order valence-corrected chi connectivity index (χ0v) is 14.8. The molecule has 6 nitrogen and oxygen atoms in total. The number of nitrogens with one attached hydrogen (secondary N) is 2. The van der Waals surface area contributed by atoms with Gasteiger partial charge < -0.3 is 15.4 Å². The van der Waals surface area contributed by atoms with E-state index in [1.165, 1.54) is 12.5 Å². The molecule has 0 aliphatic heterocycles. The van der Waals surface area contributed by atoms with Crippen LogP contribution < -0.4 is 15.4 Å². The first-order valence-electron chi connectivity index (χ1n) is 6.93. The van der Waals surface area contributed by atoms with Gasteiger partial charge in [-0.1, -0.05) is 11.6 Å². The second-order valence-electron chi connectivity index (χ2n) is 4.60. The molecule has 0 bridgehead atoms. The largest absolute Gasteiger partial charge is 0.497 e. The SMILES string of the molecule is COc1ccc(Br)c(C(=O)NCCCNc2ncncc2Cl)c1. The number of carbonyl (C=O) groups is 1. The summed E-state index contributed by atoms with van der Waals surface area (Å²) in [6.45, 7) is 1.16. The standard InChI is InChI=1S/C15H16BrClN4O2/c1-23-10-3-4-12(16)11(7-10)15(22)20-6-2-5-19-14-13(17)8-18-9-21-14/h3-4,7-9H,2,5-6H2,1H3,(H,20,22)(H,18,19,21). The molecule has 0 atom stereocenters. The molecule has 0 fully saturated rings. The number of halogens is 2. The second-order valence-corrected chi connectivity index (χ2v) is 5.86. The highest BCUT2D eigenvalue weighted by Gasteiger charge is 2.10. The molecule has 0 radical (unpaired) electrons. The van der Waals surface area contributed by atoms with Crippen LogP contribution in [-0.4, -0.2) is 36.1 Å². The molecule has 1 aromatic heterocycles. The minimum Gasteiger partial charge on any atom is -0.497 e. The Morgan fingerprint density at radius 2 is 2.22 bits per heavy atom. The minimum absolute atomic E-state index is 0.157. The highest BCUT2D eigenvalue weighted by atomic mass is 79.9. The summed E-state index contributed by atoms with van der Waals surface area (Å²) in [5.74, 6) is 1.07. The summed E-state index contributed by atoms with van der Waals surface area (Å²) >= 11 is 9.30. The highest BCUT2D eigenvalue weighted by molar-refractivity contribution is 9.10. The molecule has 2 aromatic rings. The summed E-state index contributed by atoms with van der Waals surface area (Å²) in [5, 5.41) is 6.42. The molecule has 0 aliphatic carbocycles. The smallest absolute Gasteiger partial charge is 0.252 e. The van der Waals surface area contributed by atoms with Gasteiger partial charge in [0.15, 0.2) is 0 Å². The molecule has 2 N–H and O–H groups in total. The van der Waals surface area contributed by atoms with Crippen LogP contribution in [0.5, 0.6) is 5.75 Å². The lowest BCUT2D eigenvalue weighted by Crippen LogP contribution is -2.26. The van der Waals surface area contributed by atoms with Crippen molar-refractivity contribution >= 4 is 39.3 Å². The van der Waals surface area contributed by atoms with E-state index in [2.05, 4.69) is 36.5 Å². The molecule has 122 valence electrons. The molecule has 0 unspecified atom stereocenters. The van der Waals surface area contributed by atoms with Gasteiger partial charge in [0.2, 0.25) is 0 Å². The Balaban J connectivity index is 1.78. The Bertz CT molecular complexity index is 684. The summed E-state index contributed by atoms with van der Waals surface area (Å²) in [6, 6.07) is 5.26. The van der Waals surface area contributed by atoms with Crippen molar-refractivity contribution in [3.63, 3.8) is 0 Å². The van der Waals surface area contributed by atoms with E-state index in [4.69, 9.17) is 16.3 Å². The lowest BCUT2D eigenvalue weighted by Gasteiger charge is -2.09. The van der Waals surface area contributed by atoms with Gasteiger partial charge in [-0.05, 0) is 40.5 Å². The van der Waals surface area contributed by atoms with Gasteiger partial charge in [0.1, 0.15) is 22.9 Å². The first-order valence-corrected chi connectivity index (χ1v) is 8.10. The van der Waals surface area contributed by atoms with Crippen molar-refractivity contribution in [2.45, 2.75) is 6.42 Å². The number of hydrogen-bond donors (Lipinski definition) is 2. The minimum atomic E-state index is -0.157. The number of methoxy groups -OCH3 is 1. The van der Waals surface area contributed by atoms with Crippen LogP contribution in [0.3, 0.4) is 0 Å². The topological polar surface area (TPSA) is 76.1 Å². The Morgan fingerprint density at radius 1 is 1.39 bits per heavy atom. The number of nitrogens with zero attached hydrogens (tertiary/aromatic N) is 2. The number of amides is 1. The quantitative estimate of drug-likeness (QED) is 0.700. The van der Waals surface area contributed by atoms with Gasteiger partial charge in [0.05, 0.1) is 18.9 Å². The van der Waals surface area contributed by atoms with E-state index in [-0.39, 0.29) is 5.91 Å². The van der Waals surface area contributed by atoms with Crippen LogP contribution in [-0.2, 0) is 0 Å². The summed E-state index contributed by atoms with van der Waals surface area (Å²) < 4.78 is 5.85. The summed E-state index contributed by atoms with van der Waals surface area (Å²) in [7, 11) is 1.56. The molecule has 0 saturated heterocycles. The van der Waals surface area contributed by atoms with E-state index in [1.54, 1.807) is 25.3 Å². The average molecular weight is 400 g/mol. The summed E-state index contributed by atoms with van der Waals surface area (Å²) in [6.07, 6.45) is 3.68. The number of aromatic nitrogens is 2. The van der Waals surface area contributed by atoms with E-state index in [9.17, 15) is 4.79 Å². The molecule has 2 rings (SSSR count). The van der Waals surface area contributed by atoms with Gasteiger partial charge in [-0.15, -0.1) is 0 Å². The molecule has 1 amide bonds. The van der Waals surface area contributed by atoms with Crippen LogP contribution in [0, 0.1) is 0 Å². The normalized spacial score (nSPS) is 10.2. The number of rotatable bonds is 7. The monoisotopic (exact) mass is 398 g/mol. The lowest BCUT2D eigenvalue weighted by atomic mass is 10.2. The van der Waals surface area contributed by atoms with Gasteiger partial charge in [0, 0.05) is 17.6 Å². The van der Waals surface area contributed by atoms with E-state index >= 15 is 0 Å². The third kappa shape index (κ3) is 5.07. The molecule has 1 aromatic carbocycles. The average Bonchev–Trinajstić information content (AvgIpc) is 2.56. The maximum atomic E-state index is 12.2. The number of carbonyl (C=O) groups excluding carboxylic acids is 1. The summed E-state index contributed by atoms with van der Waals surface area (Å²) in [4.78, 5) is 20.0. The molecule has 8 heteroatoms.